The Morgan fingerprint density at radius 1 is 1.44 bits per heavy atom. The summed E-state index contributed by atoms with van der Waals surface area (Å²) < 4.78 is 28.4. The first-order chi connectivity index (χ1) is 8.10. The number of fused-ring (bicyclic) bond motifs is 1. The molecule has 2 rings (SSSR count). The van der Waals surface area contributed by atoms with E-state index in [0.717, 1.165) is 6.07 Å². The van der Waals surface area contributed by atoms with E-state index >= 15 is 0 Å². The molecule has 0 bridgehead atoms. The van der Waals surface area contributed by atoms with Crippen molar-refractivity contribution in [1.29, 1.82) is 0 Å². The number of nitro groups is 1. The smallest absolute Gasteiger partial charge is 0.271 e. The highest BCUT2D eigenvalue weighted by Crippen LogP contribution is 2.41. The summed E-state index contributed by atoms with van der Waals surface area (Å²) in [7, 11) is -4.06. The average Bonchev–Trinajstić information content (AvgIpc) is 2.47. The zero-order chi connectivity index (χ0) is 13.7. The van der Waals surface area contributed by atoms with E-state index in [-0.39, 0.29) is 16.3 Å². The van der Waals surface area contributed by atoms with Crippen LogP contribution in [0.2, 0.25) is 0 Å². The van der Waals surface area contributed by atoms with Gasteiger partial charge < -0.3 is 4.74 Å². The number of non-ortho nitro benzene ring substituents is 1. The van der Waals surface area contributed by atoms with Gasteiger partial charge in [-0.1, -0.05) is 0 Å². The number of nitrogens with two attached hydrogens (primary N) is 1. The van der Waals surface area contributed by atoms with Crippen molar-refractivity contribution in [3.05, 3.63) is 27.8 Å². The quantitative estimate of drug-likeness (QED) is 0.636. The summed E-state index contributed by atoms with van der Waals surface area (Å²) in [5.41, 5.74) is -0.422. The van der Waals surface area contributed by atoms with E-state index in [0.29, 0.717) is 12.0 Å². The van der Waals surface area contributed by atoms with Crippen molar-refractivity contribution in [1.82, 2.24) is 0 Å². The third-order valence-corrected chi connectivity index (χ3v) is 3.54. The van der Waals surface area contributed by atoms with Crippen LogP contribution in [0.1, 0.15) is 19.4 Å². The predicted molar refractivity (Wildman–Crippen MR) is 62.9 cm³/mol. The largest absolute Gasteiger partial charge is 0.486 e. The van der Waals surface area contributed by atoms with Gasteiger partial charge in [-0.2, -0.15) is 0 Å². The highest BCUT2D eigenvalue weighted by atomic mass is 32.2. The molecule has 7 nitrogen and oxygen atoms in total. The molecule has 0 aromatic heterocycles. The molecule has 0 unspecified atom stereocenters. The number of ether oxygens (including phenoxy) is 1. The maximum atomic E-state index is 11.5. The molecule has 0 saturated heterocycles. The lowest BCUT2D eigenvalue weighted by Crippen LogP contribution is -2.25. The Balaban J connectivity index is 2.72. The van der Waals surface area contributed by atoms with Crippen molar-refractivity contribution >= 4 is 15.7 Å². The second kappa shape index (κ2) is 3.66. The third-order valence-electron chi connectivity index (χ3n) is 2.63. The Hall–Kier alpha value is -1.67. The fraction of sp³-hybridized carbons (Fsp3) is 0.400. The molecule has 98 valence electrons. The number of benzene rings is 1. The summed E-state index contributed by atoms with van der Waals surface area (Å²) in [6.07, 6.45) is 0.395. The summed E-state index contributed by atoms with van der Waals surface area (Å²) in [5, 5.41) is 15.8. The van der Waals surface area contributed by atoms with Gasteiger partial charge in [0.15, 0.2) is 0 Å². The fourth-order valence-corrected chi connectivity index (χ4v) is 2.69. The van der Waals surface area contributed by atoms with Crippen molar-refractivity contribution < 1.29 is 18.1 Å². The summed E-state index contributed by atoms with van der Waals surface area (Å²) in [4.78, 5) is 9.78. The van der Waals surface area contributed by atoms with Crippen molar-refractivity contribution in [3.63, 3.8) is 0 Å². The second-order valence-electron chi connectivity index (χ2n) is 4.77. The van der Waals surface area contributed by atoms with Crippen LogP contribution in [0.4, 0.5) is 5.69 Å². The lowest BCUT2D eigenvalue weighted by atomic mass is 10.0. The average molecular weight is 272 g/mol. The van der Waals surface area contributed by atoms with Gasteiger partial charge >= 0.3 is 0 Å². The minimum Gasteiger partial charge on any atom is -0.486 e. The topological polar surface area (TPSA) is 113 Å². The van der Waals surface area contributed by atoms with Crippen LogP contribution in [-0.4, -0.2) is 18.9 Å². The van der Waals surface area contributed by atoms with Crippen LogP contribution in [0.25, 0.3) is 0 Å². The number of nitro benzene ring substituents is 1. The number of rotatable bonds is 2. The molecule has 1 aromatic rings. The van der Waals surface area contributed by atoms with E-state index in [2.05, 4.69) is 0 Å². The Morgan fingerprint density at radius 2 is 2.06 bits per heavy atom. The number of hydrogen-bond acceptors (Lipinski definition) is 5. The highest BCUT2D eigenvalue weighted by molar-refractivity contribution is 7.89. The molecule has 8 heteroatoms. The molecule has 1 heterocycles. The molecule has 18 heavy (non-hydrogen) atoms. The van der Waals surface area contributed by atoms with Gasteiger partial charge in [0, 0.05) is 24.1 Å². The van der Waals surface area contributed by atoms with Gasteiger partial charge in [-0.05, 0) is 13.8 Å². The monoisotopic (exact) mass is 272 g/mol. The van der Waals surface area contributed by atoms with Crippen LogP contribution in [-0.2, 0) is 16.4 Å². The van der Waals surface area contributed by atoms with E-state index in [1.807, 2.05) is 0 Å². The van der Waals surface area contributed by atoms with Gasteiger partial charge in [0.25, 0.3) is 5.69 Å². The van der Waals surface area contributed by atoms with Crippen molar-refractivity contribution in [3.8, 4) is 5.75 Å². The molecule has 0 fully saturated rings. The molecule has 1 aromatic carbocycles. The van der Waals surface area contributed by atoms with Crippen LogP contribution in [0.5, 0.6) is 5.75 Å². The lowest BCUT2D eigenvalue weighted by Gasteiger charge is -2.17. The van der Waals surface area contributed by atoms with E-state index in [1.165, 1.54) is 6.07 Å². The number of nitrogens with zero attached hydrogens (tertiary/aromatic N) is 1. The zero-order valence-electron chi connectivity index (χ0n) is 9.84. The Labute approximate surface area is 104 Å². The molecular formula is C10H12N2O5S. The molecule has 0 saturated carbocycles. The SMILES string of the molecule is CC1(C)Cc2cc([N+](=O)[O-])cc(S(N)(=O)=O)c2O1. The lowest BCUT2D eigenvalue weighted by molar-refractivity contribution is -0.385. The number of sulfonamides is 1. The Morgan fingerprint density at radius 3 is 2.56 bits per heavy atom. The van der Waals surface area contributed by atoms with E-state index < -0.39 is 20.5 Å². The minimum atomic E-state index is -4.06. The van der Waals surface area contributed by atoms with Crippen LogP contribution in [0.3, 0.4) is 0 Å². The predicted octanol–water partition coefficient (Wildman–Crippen LogP) is 0.956. The van der Waals surface area contributed by atoms with Gasteiger partial charge in [0.1, 0.15) is 16.2 Å². The first-order valence-corrected chi connectivity index (χ1v) is 6.68. The highest BCUT2D eigenvalue weighted by Gasteiger charge is 2.36. The molecule has 0 spiro atoms. The van der Waals surface area contributed by atoms with Crippen molar-refractivity contribution in [2.75, 3.05) is 0 Å². The van der Waals surface area contributed by atoms with E-state index in [9.17, 15) is 18.5 Å². The fourth-order valence-electron chi connectivity index (χ4n) is 1.98. The van der Waals surface area contributed by atoms with Crippen LogP contribution in [0.15, 0.2) is 17.0 Å². The Kier molecular flexibility index (Phi) is 2.60. The molecular weight excluding hydrogens is 260 g/mol. The molecule has 0 aliphatic carbocycles. The van der Waals surface area contributed by atoms with Crippen LogP contribution in [0, 0.1) is 10.1 Å². The molecule has 1 aliphatic heterocycles. The number of primary sulfonamides is 1. The third kappa shape index (κ3) is 2.16. The summed E-state index contributed by atoms with van der Waals surface area (Å²) in [6.45, 7) is 3.54. The van der Waals surface area contributed by atoms with Gasteiger partial charge in [0.2, 0.25) is 10.0 Å². The number of hydrogen-bond donors (Lipinski definition) is 1. The Bertz CT molecular complexity index is 636. The molecule has 1 aliphatic rings. The van der Waals surface area contributed by atoms with Crippen LogP contribution < -0.4 is 9.88 Å². The molecule has 0 radical (unpaired) electrons. The van der Waals surface area contributed by atoms with Gasteiger partial charge in [-0.3, -0.25) is 10.1 Å². The van der Waals surface area contributed by atoms with Gasteiger partial charge in [0.05, 0.1) is 4.92 Å². The van der Waals surface area contributed by atoms with E-state index in [1.54, 1.807) is 13.8 Å². The first-order valence-electron chi connectivity index (χ1n) is 5.13. The second-order valence-corrected chi connectivity index (χ2v) is 6.30. The summed E-state index contributed by atoms with van der Waals surface area (Å²) in [5.74, 6) is 0.119. The maximum Gasteiger partial charge on any atom is 0.271 e. The normalized spacial score (nSPS) is 17.1. The standard InChI is InChI=1S/C10H12N2O5S/c1-10(2)5-6-3-7(12(13)14)4-8(9(6)17-10)18(11,15)16/h3-4H,5H2,1-2H3,(H2,11,15,16). The summed E-state index contributed by atoms with van der Waals surface area (Å²) in [6, 6.07) is 2.24. The van der Waals surface area contributed by atoms with Crippen molar-refractivity contribution in [2.45, 2.75) is 30.8 Å². The van der Waals surface area contributed by atoms with Crippen LogP contribution >= 0.6 is 0 Å². The first kappa shape index (κ1) is 12.8. The minimum absolute atomic E-state index is 0.119. The van der Waals surface area contributed by atoms with Gasteiger partial charge in [-0.15, -0.1) is 0 Å². The molecule has 2 N–H and O–H groups in total. The van der Waals surface area contributed by atoms with E-state index in [4.69, 9.17) is 9.88 Å². The van der Waals surface area contributed by atoms with Gasteiger partial charge in [-0.25, -0.2) is 13.6 Å². The zero-order valence-corrected chi connectivity index (χ0v) is 10.7. The molecule has 0 atom stereocenters. The molecule has 0 amide bonds. The summed E-state index contributed by atoms with van der Waals surface area (Å²) >= 11 is 0. The van der Waals surface area contributed by atoms with Crippen molar-refractivity contribution in [2.24, 2.45) is 5.14 Å². The maximum absolute atomic E-state index is 11.5.